The molecular weight excluding hydrogens is 416 g/mol. The molecule has 1 aliphatic rings. The van der Waals surface area contributed by atoms with Gasteiger partial charge in [-0.2, -0.15) is 0 Å². The van der Waals surface area contributed by atoms with Crippen molar-refractivity contribution in [3.05, 3.63) is 72.8 Å². The van der Waals surface area contributed by atoms with Crippen LogP contribution in [-0.2, 0) is 14.8 Å². The van der Waals surface area contributed by atoms with E-state index in [4.69, 9.17) is 9.47 Å². The summed E-state index contributed by atoms with van der Waals surface area (Å²) in [6.07, 6.45) is 1.17. The van der Waals surface area contributed by atoms with E-state index in [1.807, 2.05) is 30.3 Å². The van der Waals surface area contributed by atoms with E-state index in [0.717, 1.165) is 6.42 Å². The molecule has 0 aromatic heterocycles. The van der Waals surface area contributed by atoms with Gasteiger partial charge in [-0.3, -0.25) is 9.52 Å². The summed E-state index contributed by atoms with van der Waals surface area (Å²) in [5, 5.41) is 0. The van der Waals surface area contributed by atoms with Gasteiger partial charge in [0.05, 0.1) is 17.7 Å². The van der Waals surface area contributed by atoms with Gasteiger partial charge in [-0.1, -0.05) is 18.2 Å². The van der Waals surface area contributed by atoms with Crippen LogP contribution < -0.4 is 19.1 Å². The molecule has 1 aliphatic heterocycles. The quantitative estimate of drug-likeness (QED) is 0.590. The summed E-state index contributed by atoms with van der Waals surface area (Å²) in [7, 11) is -2.37. The Bertz CT molecular complexity index is 1180. The van der Waals surface area contributed by atoms with E-state index in [1.165, 1.54) is 19.2 Å². The number of sulfonamides is 1. The van der Waals surface area contributed by atoms with Crippen LogP contribution in [0.1, 0.15) is 12.8 Å². The van der Waals surface area contributed by atoms with Gasteiger partial charge in [0, 0.05) is 18.7 Å². The number of hydrogen-bond donors (Lipinski definition) is 1. The number of methoxy groups -OCH3 is 1. The van der Waals surface area contributed by atoms with E-state index in [-0.39, 0.29) is 10.8 Å². The number of rotatable bonds is 7. The standard InChI is InChI=1S/C23H22N2O5S/c1-29-22-14-13-20(16-21(22)25-15-5-8-23(25)26)31(27,28)24-17-9-11-19(12-10-17)30-18-6-3-2-4-7-18/h2-4,6-7,9-14,16,24H,5,8,15H2,1H3. The fourth-order valence-corrected chi connectivity index (χ4v) is 4.46. The maximum atomic E-state index is 12.9. The van der Waals surface area contributed by atoms with Gasteiger partial charge in [0.2, 0.25) is 5.91 Å². The van der Waals surface area contributed by atoms with Gasteiger partial charge in [0.1, 0.15) is 17.2 Å². The predicted molar refractivity (Wildman–Crippen MR) is 118 cm³/mol. The molecule has 1 N–H and O–H groups in total. The Balaban J connectivity index is 1.54. The molecule has 0 spiro atoms. The van der Waals surface area contributed by atoms with Crippen molar-refractivity contribution < 1.29 is 22.7 Å². The molecule has 4 rings (SSSR count). The Hall–Kier alpha value is -3.52. The minimum absolute atomic E-state index is 0.0465. The van der Waals surface area contributed by atoms with Gasteiger partial charge >= 0.3 is 0 Å². The summed E-state index contributed by atoms with van der Waals surface area (Å²) in [6.45, 7) is 0.537. The Morgan fingerprint density at radius 3 is 2.29 bits per heavy atom. The summed E-state index contributed by atoms with van der Waals surface area (Å²) in [4.78, 5) is 13.8. The lowest BCUT2D eigenvalue weighted by molar-refractivity contribution is -0.117. The van der Waals surface area contributed by atoms with Crippen LogP contribution in [0.3, 0.4) is 0 Å². The van der Waals surface area contributed by atoms with Crippen molar-refractivity contribution in [3.8, 4) is 17.2 Å². The number of benzene rings is 3. The fraction of sp³-hybridized carbons (Fsp3) is 0.174. The van der Waals surface area contributed by atoms with Gasteiger partial charge in [-0.15, -0.1) is 0 Å². The molecule has 0 aliphatic carbocycles. The highest BCUT2D eigenvalue weighted by atomic mass is 32.2. The zero-order valence-corrected chi connectivity index (χ0v) is 17.8. The average molecular weight is 439 g/mol. The molecule has 1 saturated heterocycles. The first-order chi connectivity index (χ1) is 15.0. The topological polar surface area (TPSA) is 84.9 Å². The van der Waals surface area contributed by atoms with Crippen LogP contribution in [0.2, 0.25) is 0 Å². The average Bonchev–Trinajstić information content (AvgIpc) is 3.21. The predicted octanol–water partition coefficient (Wildman–Crippen LogP) is 4.42. The van der Waals surface area contributed by atoms with Gasteiger partial charge in [-0.05, 0) is 61.0 Å². The molecule has 1 amide bonds. The molecule has 1 heterocycles. The first-order valence-electron chi connectivity index (χ1n) is 9.80. The van der Waals surface area contributed by atoms with Gasteiger partial charge in [0.25, 0.3) is 10.0 Å². The summed E-state index contributed by atoms with van der Waals surface area (Å²) < 4.78 is 39.5. The smallest absolute Gasteiger partial charge is 0.261 e. The number of nitrogens with zero attached hydrogens (tertiary/aromatic N) is 1. The van der Waals surface area contributed by atoms with Crippen LogP contribution in [0.25, 0.3) is 0 Å². The van der Waals surface area contributed by atoms with Crippen molar-refractivity contribution >= 4 is 27.3 Å². The zero-order valence-electron chi connectivity index (χ0n) is 16.9. The molecule has 31 heavy (non-hydrogen) atoms. The molecule has 160 valence electrons. The van der Waals surface area contributed by atoms with Gasteiger partial charge in [0.15, 0.2) is 0 Å². The van der Waals surface area contributed by atoms with E-state index >= 15 is 0 Å². The summed E-state index contributed by atoms with van der Waals surface area (Å²) in [5.74, 6) is 1.69. The third-order valence-corrected chi connectivity index (χ3v) is 6.29. The second-order valence-electron chi connectivity index (χ2n) is 7.03. The van der Waals surface area contributed by atoms with Crippen LogP contribution >= 0.6 is 0 Å². The van der Waals surface area contributed by atoms with E-state index < -0.39 is 10.0 Å². The highest BCUT2D eigenvalue weighted by molar-refractivity contribution is 7.92. The maximum absolute atomic E-state index is 12.9. The molecule has 3 aromatic rings. The van der Waals surface area contributed by atoms with Crippen LogP contribution in [0.15, 0.2) is 77.7 Å². The highest BCUT2D eigenvalue weighted by Crippen LogP contribution is 2.34. The monoisotopic (exact) mass is 438 g/mol. The third-order valence-electron chi connectivity index (χ3n) is 4.91. The van der Waals surface area contributed by atoms with Gasteiger partial charge in [-0.25, -0.2) is 8.42 Å². The first kappa shape index (κ1) is 20.7. The number of amides is 1. The first-order valence-corrected chi connectivity index (χ1v) is 11.3. The van der Waals surface area contributed by atoms with E-state index in [2.05, 4.69) is 4.72 Å². The third kappa shape index (κ3) is 4.64. The van der Waals surface area contributed by atoms with Crippen LogP contribution in [0, 0.1) is 0 Å². The number of carbonyl (C=O) groups excluding carboxylic acids is 1. The Labute approximate surface area is 181 Å². The lowest BCUT2D eigenvalue weighted by atomic mass is 10.2. The van der Waals surface area contributed by atoms with E-state index in [0.29, 0.717) is 41.6 Å². The molecule has 0 unspecified atom stereocenters. The number of anilines is 2. The SMILES string of the molecule is COc1ccc(S(=O)(=O)Nc2ccc(Oc3ccccc3)cc2)cc1N1CCCC1=O. The lowest BCUT2D eigenvalue weighted by Gasteiger charge is -2.20. The molecule has 8 heteroatoms. The molecule has 1 fully saturated rings. The molecule has 7 nitrogen and oxygen atoms in total. The molecule has 0 saturated carbocycles. The van der Waals surface area contributed by atoms with Crippen molar-refractivity contribution in [2.24, 2.45) is 0 Å². The van der Waals surface area contributed by atoms with Crippen LogP contribution in [-0.4, -0.2) is 28.0 Å². The maximum Gasteiger partial charge on any atom is 0.261 e. The summed E-state index contributed by atoms with van der Waals surface area (Å²) in [6, 6.07) is 20.4. The Kier molecular flexibility index (Phi) is 5.81. The number of ether oxygens (including phenoxy) is 2. The van der Waals surface area contributed by atoms with Crippen LogP contribution in [0.5, 0.6) is 17.2 Å². The number of nitrogens with one attached hydrogen (secondary N) is 1. The minimum atomic E-state index is -3.86. The van der Waals surface area contributed by atoms with Crippen molar-refractivity contribution in [3.63, 3.8) is 0 Å². The van der Waals surface area contributed by atoms with Crippen molar-refractivity contribution in [1.29, 1.82) is 0 Å². The second kappa shape index (κ2) is 8.69. The van der Waals surface area contributed by atoms with Crippen molar-refractivity contribution in [2.75, 3.05) is 23.3 Å². The second-order valence-corrected chi connectivity index (χ2v) is 8.71. The fourth-order valence-electron chi connectivity index (χ4n) is 3.38. The molecule has 0 radical (unpaired) electrons. The van der Waals surface area contributed by atoms with Crippen molar-refractivity contribution in [1.82, 2.24) is 0 Å². The summed E-state index contributed by atoms with van der Waals surface area (Å²) >= 11 is 0. The molecular formula is C23H22N2O5S. The Morgan fingerprint density at radius 1 is 0.935 bits per heavy atom. The highest BCUT2D eigenvalue weighted by Gasteiger charge is 2.26. The van der Waals surface area contributed by atoms with Crippen molar-refractivity contribution in [2.45, 2.75) is 17.7 Å². The zero-order chi connectivity index (χ0) is 21.8. The lowest BCUT2D eigenvalue weighted by Crippen LogP contribution is -2.24. The largest absolute Gasteiger partial charge is 0.495 e. The molecule has 3 aromatic carbocycles. The number of para-hydroxylation sites is 1. The van der Waals surface area contributed by atoms with Gasteiger partial charge < -0.3 is 14.4 Å². The molecule has 0 atom stereocenters. The molecule has 0 bridgehead atoms. The number of carbonyl (C=O) groups is 1. The Morgan fingerprint density at radius 2 is 1.65 bits per heavy atom. The minimum Gasteiger partial charge on any atom is -0.495 e. The number of hydrogen-bond acceptors (Lipinski definition) is 5. The normalized spacial score (nSPS) is 13.8. The van der Waals surface area contributed by atoms with Crippen LogP contribution in [0.4, 0.5) is 11.4 Å². The van der Waals surface area contributed by atoms with E-state index in [9.17, 15) is 13.2 Å². The summed E-state index contributed by atoms with van der Waals surface area (Å²) in [5.41, 5.74) is 0.856. The van der Waals surface area contributed by atoms with E-state index in [1.54, 1.807) is 35.2 Å².